The van der Waals surface area contributed by atoms with Gasteiger partial charge in [0.15, 0.2) is 0 Å². The van der Waals surface area contributed by atoms with Crippen LogP contribution in [0.1, 0.15) is 0 Å². The molecule has 0 radical (unpaired) electrons. The molecule has 0 fully saturated rings. The van der Waals surface area contributed by atoms with Crippen molar-refractivity contribution in [2.75, 3.05) is 0 Å². The van der Waals surface area contributed by atoms with E-state index >= 15 is 0 Å². The summed E-state index contributed by atoms with van der Waals surface area (Å²) < 4.78 is 302. The van der Waals surface area contributed by atoms with Crippen molar-refractivity contribution in [2.24, 2.45) is 0 Å². The molecule has 1 nitrogen and oxygen atoms in total. The van der Waals surface area contributed by atoms with Crippen LogP contribution >= 0.6 is 45.2 Å². The molecule has 0 aliphatic rings. The van der Waals surface area contributed by atoms with Gasteiger partial charge < -0.3 is 0 Å². The monoisotopic (exact) mass is 870 g/mol. The first-order valence-electron chi connectivity index (χ1n) is 7.82. The Morgan fingerprint density at radius 1 is 0.256 bits per heavy atom. The summed E-state index contributed by atoms with van der Waals surface area (Å²) in [6.07, 6.45) is -17.3. The summed E-state index contributed by atoms with van der Waals surface area (Å²) in [7, 11) is 0. The Morgan fingerprint density at radius 2 is 0.410 bits per heavy atom. The van der Waals surface area contributed by atoms with Gasteiger partial charge in [0.1, 0.15) is 0 Å². The molecule has 0 saturated carbocycles. The Labute approximate surface area is 222 Å². The highest BCUT2D eigenvalue weighted by atomic mass is 127. The summed E-state index contributed by atoms with van der Waals surface area (Å²) in [5.74, 6) is -68.0. The topological polar surface area (TPSA) is 9.23 Å². The molecule has 236 valence electrons. The summed E-state index contributed by atoms with van der Waals surface area (Å²) in [5.41, 5.74) is 0. The molecule has 0 spiro atoms. The molecule has 0 aromatic rings. The normalized spacial score (nSPS) is 17.1. The quantitative estimate of drug-likeness (QED) is 0.108. The molecule has 0 heterocycles. The van der Waals surface area contributed by atoms with Gasteiger partial charge in [-0.2, -0.15) is 105 Å². The van der Waals surface area contributed by atoms with Crippen LogP contribution in [0.4, 0.5) is 105 Å². The van der Waals surface area contributed by atoms with Crippen molar-refractivity contribution in [2.45, 2.75) is 67.5 Å². The van der Waals surface area contributed by atoms with E-state index in [9.17, 15) is 105 Å². The highest BCUT2D eigenvalue weighted by Crippen LogP contribution is 2.64. The van der Waals surface area contributed by atoms with Gasteiger partial charge in [0, 0.05) is 45.2 Å². The average Bonchev–Trinajstić information content (AvgIpc) is 2.63. The molecule has 0 aromatic carbocycles. The van der Waals surface area contributed by atoms with Crippen LogP contribution < -0.4 is 0 Å². The standard InChI is InChI=1S/C12F24I2O/c13-1(14,5(21,22)9(29,30)37)3(17,18)7(25,26)11(33,34)39-12(35,36)8(27,28)4(19,20)2(15,16)6(23,24)10(31,32)38. The van der Waals surface area contributed by atoms with Crippen LogP contribution in [0.3, 0.4) is 0 Å². The van der Waals surface area contributed by atoms with E-state index in [1.54, 1.807) is 0 Å². The molecule has 0 aliphatic heterocycles. The number of ether oxygens (including phenoxy) is 1. The van der Waals surface area contributed by atoms with E-state index in [2.05, 4.69) is 0 Å². The first-order chi connectivity index (χ1) is 16.2. The Balaban J connectivity index is 6.90. The van der Waals surface area contributed by atoms with E-state index < -0.39 is 113 Å². The van der Waals surface area contributed by atoms with Gasteiger partial charge in [0.05, 0.1) is 0 Å². The van der Waals surface area contributed by atoms with E-state index in [4.69, 9.17) is 0 Å². The SMILES string of the molecule is FC(F)(I)C(F)(F)C(F)(F)C(F)(F)C(F)(F)C(F)(F)OC(F)(F)C(F)(F)C(F)(F)C(F)(F)C(F)(F)C(F)(F)I. The predicted molar refractivity (Wildman–Crippen MR) is 88.5 cm³/mol. The first-order valence-corrected chi connectivity index (χ1v) is 9.98. The van der Waals surface area contributed by atoms with Crippen molar-refractivity contribution in [3.05, 3.63) is 0 Å². The molecular formula is C12F24I2O. The van der Waals surface area contributed by atoms with Gasteiger partial charge in [0.25, 0.3) is 0 Å². The average molecular weight is 870 g/mol. The maximum absolute atomic E-state index is 13.4. The highest BCUT2D eigenvalue weighted by molar-refractivity contribution is 14.1. The number of alkyl halides is 26. The van der Waals surface area contributed by atoms with Gasteiger partial charge >= 0.3 is 67.5 Å². The van der Waals surface area contributed by atoms with Crippen LogP contribution in [0.2, 0.25) is 0 Å². The van der Waals surface area contributed by atoms with Gasteiger partial charge in [-0.1, -0.05) is 0 Å². The summed E-state index contributed by atoms with van der Waals surface area (Å²) in [6, 6.07) is 0. The minimum atomic E-state index is -8.87. The second kappa shape index (κ2) is 9.63. The van der Waals surface area contributed by atoms with Crippen LogP contribution in [-0.2, 0) is 4.74 Å². The molecular weight excluding hydrogens is 870 g/mol. The van der Waals surface area contributed by atoms with Crippen molar-refractivity contribution >= 4 is 45.2 Å². The maximum Gasteiger partial charge on any atom is 0.430 e. The Hall–Kier alpha value is -0.260. The Bertz CT molecular complexity index is 824. The number of hydrogen-bond acceptors (Lipinski definition) is 1. The molecule has 0 aromatic heterocycles. The lowest BCUT2D eigenvalue weighted by Gasteiger charge is -2.42. The van der Waals surface area contributed by atoms with Crippen molar-refractivity contribution in [1.29, 1.82) is 0 Å². The molecule has 0 unspecified atom stereocenters. The second-order valence-electron chi connectivity index (χ2n) is 6.73. The van der Waals surface area contributed by atoms with Crippen molar-refractivity contribution < 1.29 is 110 Å². The zero-order chi connectivity index (χ0) is 32.7. The third-order valence-corrected chi connectivity index (χ3v) is 5.42. The maximum atomic E-state index is 13.4. The number of rotatable bonds is 12. The number of hydrogen-bond donors (Lipinski definition) is 0. The minimum Gasteiger partial charge on any atom is -0.245 e. The third kappa shape index (κ3) is 5.26. The molecule has 0 amide bonds. The smallest absolute Gasteiger partial charge is 0.245 e. The fourth-order valence-electron chi connectivity index (χ4n) is 1.80. The van der Waals surface area contributed by atoms with E-state index in [0.29, 0.717) is 0 Å². The zero-order valence-electron chi connectivity index (χ0n) is 16.2. The molecule has 0 aliphatic carbocycles. The van der Waals surface area contributed by atoms with E-state index in [1.807, 2.05) is 0 Å². The van der Waals surface area contributed by atoms with Gasteiger partial charge in [-0.15, -0.1) is 0 Å². The predicted octanol–water partition coefficient (Wildman–Crippen LogP) is 9.33. The lowest BCUT2D eigenvalue weighted by Crippen LogP contribution is -2.73. The van der Waals surface area contributed by atoms with Gasteiger partial charge in [-0.3, -0.25) is 0 Å². The molecule has 0 rings (SSSR count). The van der Waals surface area contributed by atoms with E-state index in [-0.39, 0.29) is 0 Å². The fourth-order valence-corrected chi connectivity index (χ4v) is 2.48. The molecule has 0 saturated heterocycles. The second-order valence-corrected chi connectivity index (χ2v) is 9.44. The molecule has 27 heteroatoms. The van der Waals surface area contributed by atoms with Crippen molar-refractivity contribution in [1.82, 2.24) is 0 Å². The van der Waals surface area contributed by atoms with Gasteiger partial charge in [0.2, 0.25) is 0 Å². The van der Waals surface area contributed by atoms with Crippen molar-refractivity contribution in [3.63, 3.8) is 0 Å². The largest absolute Gasteiger partial charge is 0.430 e. The highest BCUT2D eigenvalue weighted by Gasteiger charge is 2.94. The number of halogens is 26. The van der Waals surface area contributed by atoms with E-state index in [0.717, 1.165) is 4.74 Å². The minimum absolute atomic E-state index is 0.853. The first kappa shape index (κ1) is 38.7. The molecule has 39 heavy (non-hydrogen) atoms. The van der Waals surface area contributed by atoms with Crippen LogP contribution in [0.5, 0.6) is 0 Å². The Morgan fingerprint density at radius 3 is 0.564 bits per heavy atom. The molecule has 0 bridgehead atoms. The fraction of sp³-hybridized carbons (Fsp3) is 1.00. The van der Waals surface area contributed by atoms with Gasteiger partial charge in [-0.25, -0.2) is 4.74 Å². The van der Waals surface area contributed by atoms with E-state index in [1.165, 1.54) is 0 Å². The summed E-state index contributed by atoms with van der Waals surface area (Å²) >= 11 is -2.31. The lowest BCUT2D eigenvalue weighted by molar-refractivity contribution is -0.524. The summed E-state index contributed by atoms with van der Waals surface area (Å²) in [6.45, 7) is 0. The van der Waals surface area contributed by atoms with Crippen LogP contribution in [-0.4, -0.2) is 67.5 Å². The zero-order valence-corrected chi connectivity index (χ0v) is 20.6. The van der Waals surface area contributed by atoms with Crippen molar-refractivity contribution in [3.8, 4) is 0 Å². The lowest BCUT2D eigenvalue weighted by atomic mass is 9.97. The summed E-state index contributed by atoms with van der Waals surface area (Å²) in [4.78, 5) is 0. The Kier molecular flexibility index (Phi) is 9.56. The molecule has 0 atom stereocenters. The van der Waals surface area contributed by atoms with Crippen LogP contribution in [0, 0.1) is 0 Å². The van der Waals surface area contributed by atoms with Gasteiger partial charge in [-0.05, 0) is 0 Å². The van der Waals surface area contributed by atoms with Crippen LogP contribution in [0.25, 0.3) is 0 Å². The summed E-state index contributed by atoms with van der Waals surface area (Å²) in [5, 5.41) is 0. The molecule has 0 N–H and O–H groups in total. The van der Waals surface area contributed by atoms with Crippen LogP contribution in [0.15, 0.2) is 0 Å². The third-order valence-electron chi connectivity index (χ3n) is 4.07.